The van der Waals surface area contributed by atoms with Crippen LogP contribution in [-0.2, 0) is 4.74 Å². The van der Waals surface area contributed by atoms with E-state index in [-0.39, 0.29) is 17.8 Å². The molecule has 9 nitrogen and oxygen atoms in total. The zero-order valence-corrected chi connectivity index (χ0v) is 20.1. The molecule has 0 radical (unpaired) electrons. The third-order valence-corrected chi connectivity index (χ3v) is 6.59. The number of carbonyl (C=O) groups is 1. The summed E-state index contributed by atoms with van der Waals surface area (Å²) in [5.41, 5.74) is 3.69. The standard InChI is InChI=1S/C25H22N6O3S/c1-4-34-25(32)22-14(2)21(24-27-17-7-5-6-8-19(17)35-24)23(26)31(30-22)20-13-18(28-29-20)15-9-11-16(33-3)12-10-15/h5-13,26H,4H2,1-3H3,(H,28,29). The Morgan fingerprint density at radius 1 is 1.17 bits per heavy atom. The molecule has 0 amide bonds. The third kappa shape index (κ3) is 4.08. The topological polar surface area (TPSA) is 119 Å². The molecular formula is C25H22N6O3S. The highest BCUT2D eigenvalue weighted by atomic mass is 32.1. The highest BCUT2D eigenvalue weighted by molar-refractivity contribution is 7.21. The van der Waals surface area contributed by atoms with E-state index in [2.05, 4.69) is 15.3 Å². The minimum Gasteiger partial charge on any atom is -0.497 e. The van der Waals surface area contributed by atoms with E-state index in [4.69, 9.17) is 19.9 Å². The Morgan fingerprint density at radius 2 is 1.94 bits per heavy atom. The monoisotopic (exact) mass is 486 g/mol. The van der Waals surface area contributed by atoms with Crippen LogP contribution in [0.2, 0.25) is 0 Å². The van der Waals surface area contributed by atoms with Gasteiger partial charge in [0.05, 0.1) is 35.2 Å². The fourth-order valence-electron chi connectivity index (χ4n) is 3.76. The number of methoxy groups -OCH3 is 1. The lowest BCUT2D eigenvalue weighted by Crippen LogP contribution is -2.28. The molecule has 0 atom stereocenters. The second kappa shape index (κ2) is 9.15. The molecule has 0 spiro atoms. The van der Waals surface area contributed by atoms with Crippen LogP contribution in [-0.4, -0.2) is 44.6 Å². The number of aromatic amines is 1. The summed E-state index contributed by atoms with van der Waals surface area (Å²) in [5, 5.41) is 21.4. The summed E-state index contributed by atoms with van der Waals surface area (Å²) in [4.78, 5) is 17.5. The summed E-state index contributed by atoms with van der Waals surface area (Å²) in [5.74, 6) is 0.553. The zero-order chi connectivity index (χ0) is 24.5. The van der Waals surface area contributed by atoms with Gasteiger partial charge in [0.1, 0.15) is 10.8 Å². The lowest BCUT2D eigenvalue weighted by molar-refractivity contribution is 0.0516. The molecule has 35 heavy (non-hydrogen) atoms. The minimum absolute atomic E-state index is 0.0717. The Bertz CT molecular complexity index is 1570. The van der Waals surface area contributed by atoms with Crippen LogP contribution in [0.15, 0.2) is 54.6 Å². The molecule has 0 fully saturated rings. The molecule has 0 bridgehead atoms. The van der Waals surface area contributed by atoms with Gasteiger partial charge in [-0.25, -0.2) is 9.78 Å². The van der Waals surface area contributed by atoms with E-state index >= 15 is 0 Å². The van der Waals surface area contributed by atoms with Crippen LogP contribution in [0.4, 0.5) is 0 Å². The molecule has 2 aromatic carbocycles. The van der Waals surface area contributed by atoms with Crippen LogP contribution in [0, 0.1) is 12.3 Å². The molecular weight excluding hydrogens is 464 g/mol. The average Bonchev–Trinajstić information content (AvgIpc) is 3.52. The highest BCUT2D eigenvalue weighted by Crippen LogP contribution is 2.31. The smallest absolute Gasteiger partial charge is 0.359 e. The molecule has 3 aromatic heterocycles. The lowest BCUT2D eigenvalue weighted by Gasteiger charge is -2.12. The number of hydrogen-bond donors (Lipinski definition) is 2. The van der Waals surface area contributed by atoms with Crippen molar-refractivity contribution in [2.24, 2.45) is 0 Å². The predicted octanol–water partition coefficient (Wildman–Crippen LogP) is 4.51. The van der Waals surface area contributed by atoms with Crippen molar-refractivity contribution in [3.63, 3.8) is 0 Å². The quantitative estimate of drug-likeness (QED) is 0.341. The van der Waals surface area contributed by atoms with Crippen molar-refractivity contribution in [1.29, 1.82) is 5.41 Å². The largest absolute Gasteiger partial charge is 0.497 e. The van der Waals surface area contributed by atoms with Crippen molar-refractivity contribution in [3.8, 4) is 33.4 Å². The Balaban J connectivity index is 1.68. The first kappa shape index (κ1) is 22.5. The van der Waals surface area contributed by atoms with Crippen LogP contribution < -0.4 is 10.2 Å². The molecule has 3 heterocycles. The van der Waals surface area contributed by atoms with Crippen LogP contribution in [0.25, 0.3) is 37.9 Å². The maximum absolute atomic E-state index is 12.8. The van der Waals surface area contributed by atoms with Gasteiger partial charge in [0.2, 0.25) is 0 Å². The first-order chi connectivity index (χ1) is 17.0. The molecule has 10 heteroatoms. The van der Waals surface area contributed by atoms with E-state index in [0.29, 0.717) is 22.0 Å². The van der Waals surface area contributed by atoms with Gasteiger partial charge in [0.15, 0.2) is 17.0 Å². The number of rotatable bonds is 6. The molecule has 0 saturated carbocycles. The van der Waals surface area contributed by atoms with Crippen LogP contribution in [0.5, 0.6) is 5.75 Å². The first-order valence-electron chi connectivity index (χ1n) is 10.9. The van der Waals surface area contributed by atoms with Crippen molar-refractivity contribution in [1.82, 2.24) is 25.0 Å². The Labute approximate surface area is 204 Å². The Hall–Kier alpha value is -4.31. The van der Waals surface area contributed by atoms with Crippen LogP contribution in [0.1, 0.15) is 23.0 Å². The lowest BCUT2D eigenvalue weighted by atomic mass is 10.1. The van der Waals surface area contributed by atoms with Crippen LogP contribution >= 0.6 is 11.3 Å². The number of carbonyl (C=O) groups excluding carboxylic acids is 1. The summed E-state index contributed by atoms with van der Waals surface area (Å²) in [7, 11) is 1.61. The maximum atomic E-state index is 12.8. The molecule has 0 aliphatic rings. The molecule has 0 saturated heterocycles. The van der Waals surface area contributed by atoms with Gasteiger partial charge in [-0.2, -0.15) is 14.9 Å². The van der Waals surface area contributed by atoms with E-state index in [1.165, 1.54) is 16.0 Å². The van der Waals surface area contributed by atoms with Gasteiger partial charge in [-0.3, -0.25) is 10.5 Å². The predicted molar refractivity (Wildman–Crippen MR) is 133 cm³/mol. The van der Waals surface area contributed by atoms with Crippen molar-refractivity contribution in [2.75, 3.05) is 13.7 Å². The molecule has 5 rings (SSSR count). The summed E-state index contributed by atoms with van der Waals surface area (Å²) < 4.78 is 12.8. The number of ether oxygens (including phenoxy) is 2. The number of hydrogen-bond acceptors (Lipinski definition) is 8. The molecule has 2 N–H and O–H groups in total. The molecule has 0 aliphatic heterocycles. The number of fused-ring (bicyclic) bond motifs is 1. The number of esters is 1. The van der Waals surface area contributed by atoms with E-state index in [0.717, 1.165) is 27.2 Å². The second-order valence-corrected chi connectivity index (χ2v) is 8.72. The van der Waals surface area contributed by atoms with Crippen molar-refractivity contribution in [2.45, 2.75) is 13.8 Å². The third-order valence-electron chi connectivity index (χ3n) is 5.54. The van der Waals surface area contributed by atoms with Crippen molar-refractivity contribution >= 4 is 27.5 Å². The van der Waals surface area contributed by atoms with Gasteiger partial charge in [-0.05, 0) is 61.4 Å². The van der Waals surface area contributed by atoms with Gasteiger partial charge in [0.25, 0.3) is 0 Å². The minimum atomic E-state index is -0.563. The fraction of sp³-hybridized carbons (Fsp3) is 0.160. The number of nitrogens with one attached hydrogen (secondary N) is 2. The molecule has 0 aliphatic carbocycles. The number of benzene rings is 2. The molecule has 0 unspecified atom stereocenters. The normalized spacial score (nSPS) is 11.1. The van der Waals surface area contributed by atoms with Crippen LogP contribution in [0.3, 0.4) is 0 Å². The van der Waals surface area contributed by atoms with Gasteiger partial charge < -0.3 is 9.47 Å². The Morgan fingerprint density at radius 3 is 2.66 bits per heavy atom. The number of thiazole rings is 1. The number of H-pyrrole nitrogens is 1. The van der Waals surface area contributed by atoms with E-state index in [9.17, 15) is 4.79 Å². The summed E-state index contributed by atoms with van der Waals surface area (Å²) >= 11 is 1.46. The number of aromatic nitrogens is 5. The molecule has 176 valence electrons. The highest BCUT2D eigenvalue weighted by Gasteiger charge is 2.23. The summed E-state index contributed by atoms with van der Waals surface area (Å²) in [6, 6.07) is 17.1. The summed E-state index contributed by atoms with van der Waals surface area (Å²) in [6.07, 6.45) is 0. The average molecular weight is 487 g/mol. The van der Waals surface area contributed by atoms with E-state index < -0.39 is 5.97 Å². The van der Waals surface area contributed by atoms with Gasteiger partial charge in [-0.15, -0.1) is 11.3 Å². The van der Waals surface area contributed by atoms with Gasteiger partial charge in [-0.1, -0.05) is 12.1 Å². The van der Waals surface area contributed by atoms with E-state index in [1.807, 2.05) is 48.5 Å². The number of para-hydroxylation sites is 1. The van der Waals surface area contributed by atoms with Crippen molar-refractivity contribution in [3.05, 3.63) is 71.3 Å². The number of nitrogens with zero attached hydrogens (tertiary/aromatic N) is 4. The van der Waals surface area contributed by atoms with Gasteiger partial charge in [0, 0.05) is 6.07 Å². The first-order valence-corrected chi connectivity index (χ1v) is 11.7. The second-order valence-electron chi connectivity index (χ2n) is 7.68. The van der Waals surface area contributed by atoms with Crippen molar-refractivity contribution < 1.29 is 14.3 Å². The van der Waals surface area contributed by atoms with Gasteiger partial charge >= 0.3 is 5.97 Å². The zero-order valence-electron chi connectivity index (χ0n) is 19.3. The molecule has 5 aromatic rings. The van der Waals surface area contributed by atoms with E-state index in [1.54, 1.807) is 27.0 Å². The maximum Gasteiger partial charge on any atom is 0.359 e. The summed E-state index contributed by atoms with van der Waals surface area (Å²) in [6.45, 7) is 3.71. The fourth-order valence-corrected chi connectivity index (χ4v) is 4.83. The SMILES string of the molecule is CCOC(=O)c1nn(-c2cc(-c3ccc(OC)cc3)[nH]n2)c(=N)c(-c2nc3ccccc3s2)c1C. The Kier molecular flexibility index (Phi) is 5.87.